The van der Waals surface area contributed by atoms with Gasteiger partial charge in [0, 0.05) is 37.8 Å². The number of oxazole rings is 1. The molecule has 40 heavy (non-hydrogen) atoms. The molecule has 1 N–H and O–H groups in total. The van der Waals surface area contributed by atoms with Crippen molar-refractivity contribution in [2.75, 3.05) is 30.4 Å². The Morgan fingerprint density at radius 2 is 2.00 bits per heavy atom. The number of thiophene rings is 1. The van der Waals surface area contributed by atoms with Crippen LogP contribution in [0.2, 0.25) is 0 Å². The molecule has 206 valence electrons. The average molecular weight is 559 g/mol. The summed E-state index contributed by atoms with van der Waals surface area (Å²) in [5, 5.41) is 3.04. The Kier molecular flexibility index (Phi) is 6.97. The van der Waals surface area contributed by atoms with E-state index in [1.54, 1.807) is 24.2 Å². The van der Waals surface area contributed by atoms with Crippen molar-refractivity contribution < 1.29 is 18.8 Å². The normalized spacial score (nSPS) is 17.4. The van der Waals surface area contributed by atoms with Gasteiger partial charge in [-0.15, -0.1) is 11.3 Å². The molecule has 10 nitrogen and oxygen atoms in total. The van der Waals surface area contributed by atoms with Gasteiger partial charge in [-0.25, -0.2) is 9.97 Å². The molecule has 1 aliphatic heterocycles. The summed E-state index contributed by atoms with van der Waals surface area (Å²) in [6.07, 6.45) is 8.55. The van der Waals surface area contributed by atoms with Crippen LogP contribution in [0.3, 0.4) is 0 Å². The third kappa shape index (κ3) is 5.04. The highest BCUT2D eigenvalue weighted by Crippen LogP contribution is 2.36. The van der Waals surface area contributed by atoms with Gasteiger partial charge in [0.15, 0.2) is 12.2 Å². The average Bonchev–Trinajstić information content (AvgIpc) is 3.35. The maximum absolute atomic E-state index is 13.4. The van der Waals surface area contributed by atoms with Crippen LogP contribution in [0, 0.1) is 5.92 Å². The highest BCUT2D eigenvalue weighted by Gasteiger charge is 2.33. The minimum atomic E-state index is -0.273. The Bertz CT molecular complexity index is 1580. The second-order valence-corrected chi connectivity index (χ2v) is 11.3. The minimum Gasteiger partial charge on any atom is -0.443 e. The number of hydrogen-bond donors (Lipinski definition) is 1. The largest absolute Gasteiger partial charge is 0.443 e. The monoisotopic (exact) mass is 558 g/mol. The van der Waals surface area contributed by atoms with Crippen molar-refractivity contribution in [1.82, 2.24) is 19.4 Å². The van der Waals surface area contributed by atoms with Gasteiger partial charge in [0.1, 0.15) is 0 Å². The van der Waals surface area contributed by atoms with Crippen LogP contribution >= 0.6 is 11.3 Å². The van der Waals surface area contributed by atoms with E-state index < -0.39 is 0 Å². The van der Waals surface area contributed by atoms with Crippen LogP contribution in [-0.2, 0) is 9.59 Å². The maximum Gasteiger partial charge on any atom is 0.268 e. The highest BCUT2D eigenvalue weighted by atomic mass is 32.1. The summed E-state index contributed by atoms with van der Waals surface area (Å²) in [5.74, 6) is 0.919. The lowest BCUT2D eigenvalue weighted by Gasteiger charge is -2.21. The number of nitrogens with one attached hydrogen (secondary N) is 1. The predicted octanol–water partition coefficient (Wildman–Crippen LogP) is 5.12. The topological polar surface area (TPSA) is 114 Å². The summed E-state index contributed by atoms with van der Waals surface area (Å²) in [6.45, 7) is 4.88. The minimum absolute atomic E-state index is 0.0210. The van der Waals surface area contributed by atoms with Gasteiger partial charge in [-0.2, -0.15) is 0 Å². The Hall–Kier alpha value is -4.25. The molecule has 4 aromatic rings. The Labute approximate surface area is 235 Å². The SMILES string of the molecule is C=CC(=O)N1CCC[C@@H](n2c(NC(=O)c3ccc(-c4cnco4)s3)nc3cc(N(C)C(=O)C4CC4)ccc32)CC1. The Morgan fingerprint density at radius 3 is 2.75 bits per heavy atom. The molecule has 1 aliphatic carbocycles. The van der Waals surface area contributed by atoms with Crippen molar-refractivity contribution >= 4 is 51.7 Å². The zero-order chi connectivity index (χ0) is 27.8. The van der Waals surface area contributed by atoms with Gasteiger partial charge in [0.2, 0.25) is 17.8 Å². The van der Waals surface area contributed by atoms with Gasteiger partial charge in [-0.1, -0.05) is 6.58 Å². The van der Waals surface area contributed by atoms with Crippen molar-refractivity contribution in [2.24, 2.45) is 5.92 Å². The van der Waals surface area contributed by atoms with E-state index in [9.17, 15) is 14.4 Å². The van der Waals surface area contributed by atoms with Gasteiger partial charge in [0.25, 0.3) is 5.91 Å². The predicted molar refractivity (Wildman–Crippen MR) is 153 cm³/mol. The number of carbonyl (C=O) groups excluding carboxylic acids is 3. The molecule has 0 unspecified atom stereocenters. The number of benzene rings is 1. The highest BCUT2D eigenvalue weighted by molar-refractivity contribution is 7.17. The summed E-state index contributed by atoms with van der Waals surface area (Å²) in [7, 11) is 1.79. The molecule has 3 amide bonds. The number of carbonyl (C=O) groups is 3. The first-order chi connectivity index (χ1) is 19.4. The van der Waals surface area contributed by atoms with Crippen molar-refractivity contribution in [3.8, 4) is 10.6 Å². The molecule has 0 radical (unpaired) electrons. The molecule has 3 aromatic heterocycles. The van der Waals surface area contributed by atoms with Crippen molar-refractivity contribution in [3.05, 3.63) is 60.5 Å². The zero-order valence-corrected chi connectivity index (χ0v) is 23.0. The fourth-order valence-electron chi connectivity index (χ4n) is 5.26. The maximum atomic E-state index is 13.4. The van der Waals surface area contributed by atoms with Gasteiger partial charge < -0.3 is 18.8 Å². The standard InChI is InChI=1S/C29H30N6O4S/c1-3-26(36)34-13-4-5-19(12-14-34)35-22-9-8-20(33(2)28(38)18-6-7-18)15-21(22)31-29(35)32-27(37)25-11-10-24(40-25)23-16-30-17-39-23/h3,8-11,15-19H,1,4-7,12-14H2,2H3,(H,31,32,37)/t19-/m1/s1. The lowest BCUT2D eigenvalue weighted by molar-refractivity contribution is -0.126. The van der Waals surface area contributed by atoms with Crippen LogP contribution in [0.4, 0.5) is 11.6 Å². The van der Waals surface area contributed by atoms with Crippen molar-refractivity contribution in [3.63, 3.8) is 0 Å². The molecule has 1 atom stereocenters. The molecule has 4 heterocycles. The van der Waals surface area contributed by atoms with Crippen LogP contribution in [0.1, 0.15) is 47.8 Å². The lowest BCUT2D eigenvalue weighted by atomic mass is 10.1. The molecule has 0 bridgehead atoms. The third-order valence-corrected chi connectivity index (χ3v) is 8.70. The first kappa shape index (κ1) is 26.0. The van der Waals surface area contributed by atoms with Crippen LogP contribution in [0.25, 0.3) is 21.7 Å². The molecule has 6 rings (SSSR count). The lowest BCUT2D eigenvalue weighted by Crippen LogP contribution is -2.30. The molecule has 0 spiro atoms. The quantitative estimate of drug-likeness (QED) is 0.315. The molecule has 11 heteroatoms. The molecule has 2 aliphatic rings. The summed E-state index contributed by atoms with van der Waals surface area (Å²) in [4.78, 5) is 52.0. The van der Waals surface area contributed by atoms with Gasteiger partial charge in [-0.3, -0.25) is 19.7 Å². The Morgan fingerprint density at radius 1 is 1.15 bits per heavy atom. The van der Waals surface area contributed by atoms with Gasteiger partial charge in [-0.05, 0) is 68.5 Å². The first-order valence-corrected chi connectivity index (χ1v) is 14.3. The smallest absolute Gasteiger partial charge is 0.268 e. The van der Waals surface area contributed by atoms with E-state index in [-0.39, 0.29) is 29.7 Å². The van der Waals surface area contributed by atoms with Gasteiger partial charge in [0.05, 0.1) is 27.0 Å². The van der Waals surface area contributed by atoms with Crippen molar-refractivity contribution in [1.29, 1.82) is 0 Å². The number of imidazole rings is 1. The van der Waals surface area contributed by atoms with Crippen LogP contribution in [0.15, 0.2) is 60.0 Å². The number of fused-ring (bicyclic) bond motifs is 1. The third-order valence-electron chi connectivity index (χ3n) is 7.60. The first-order valence-electron chi connectivity index (χ1n) is 13.4. The van der Waals surface area contributed by atoms with E-state index in [4.69, 9.17) is 9.40 Å². The molecule has 1 saturated carbocycles. The van der Waals surface area contributed by atoms with Crippen LogP contribution < -0.4 is 10.2 Å². The second kappa shape index (κ2) is 10.7. The fourth-order valence-corrected chi connectivity index (χ4v) is 6.12. The van der Waals surface area contributed by atoms with E-state index in [1.807, 2.05) is 29.2 Å². The number of nitrogens with zero attached hydrogens (tertiary/aromatic N) is 5. The second-order valence-electron chi connectivity index (χ2n) is 10.2. The number of anilines is 2. The van der Waals surface area contributed by atoms with Crippen molar-refractivity contribution in [2.45, 2.75) is 38.1 Å². The molecule has 1 saturated heterocycles. The van der Waals surface area contributed by atoms with Gasteiger partial charge >= 0.3 is 0 Å². The van der Waals surface area contributed by atoms with E-state index in [0.29, 0.717) is 41.6 Å². The van der Waals surface area contributed by atoms with E-state index in [2.05, 4.69) is 21.4 Å². The fraction of sp³-hybridized carbons (Fsp3) is 0.345. The van der Waals surface area contributed by atoms with Crippen LogP contribution in [0.5, 0.6) is 0 Å². The summed E-state index contributed by atoms with van der Waals surface area (Å²) in [6, 6.07) is 9.41. The number of likely N-dealkylation sites (tertiary alicyclic amines) is 1. The summed E-state index contributed by atoms with van der Waals surface area (Å²) in [5.41, 5.74) is 2.33. The van der Waals surface area contributed by atoms with E-state index in [0.717, 1.165) is 41.8 Å². The van der Waals surface area contributed by atoms with Crippen LogP contribution in [-0.4, -0.2) is 57.3 Å². The van der Waals surface area contributed by atoms with E-state index >= 15 is 0 Å². The zero-order valence-electron chi connectivity index (χ0n) is 22.2. The number of hydrogen-bond acceptors (Lipinski definition) is 7. The summed E-state index contributed by atoms with van der Waals surface area (Å²) >= 11 is 1.31. The number of amides is 3. The molecular formula is C29H30N6O4S. The van der Waals surface area contributed by atoms with E-state index in [1.165, 1.54) is 23.8 Å². The number of rotatable bonds is 7. The number of aromatic nitrogens is 3. The molecular weight excluding hydrogens is 528 g/mol. The Balaban J connectivity index is 1.33. The molecule has 2 fully saturated rings. The molecule has 1 aromatic carbocycles. The summed E-state index contributed by atoms with van der Waals surface area (Å²) < 4.78 is 7.45.